The lowest BCUT2D eigenvalue weighted by Crippen LogP contribution is -3.11. The number of hydrogen-bond acceptors (Lipinski definition) is 3. The van der Waals surface area contributed by atoms with E-state index < -0.39 is 0 Å². The summed E-state index contributed by atoms with van der Waals surface area (Å²) in [6, 6.07) is 12.4. The van der Waals surface area contributed by atoms with Crippen LogP contribution in [0.3, 0.4) is 0 Å². The summed E-state index contributed by atoms with van der Waals surface area (Å²) in [6.07, 6.45) is 2.19. The highest BCUT2D eigenvalue weighted by molar-refractivity contribution is 7.18. The van der Waals surface area contributed by atoms with E-state index in [1.54, 1.807) is 11.3 Å². The van der Waals surface area contributed by atoms with Crippen LogP contribution in [0.5, 0.6) is 0 Å². The maximum atomic E-state index is 12.7. The molecule has 1 aliphatic rings. The Morgan fingerprint density at radius 1 is 1.33 bits per heavy atom. The summed E-state index contributed by atoms with van der Waals surface area (Å²) in [7, 11) is 0. The Hall–Kier alpha value is -1.95. The molecule has 6 heteroatoms. The van der Waals surface area contributed by atoms with E-state index in [2.05, 4.69) is 17.4 Å². The van der Waals surface area contributed by atoms with Crippen LogP contribution in [0.2, 0.25) is 5.02 Å². The van der Waals surface area contributed by atoms with E-state index in [0.717, 1.165) is 46.7 Å². The van der Waals surface area contributed by atoms with Gasteiger partial charge in [-0.15, -0.1) is 11.3 Å². The third kappa shape index (κ3) is 3.86. The smallest absolute Gasteiger partial charge is 0.279 e. The van der Waals surface area contributed by atoms with Gasteiger partial charge >= 0.3 is 0 Å². The number of thiazole rings is 1. The van der Waals surface area contributed by atoms with Crippen molar-refractivity contribution in [3.8, 4) is 0 Å². The maximum absolute atomic E-state index is 12.7. The van der Waals surface area contributed by atoms with Crippen LogP contribution in [0.25, 0.3) is 10.2 Å². The molecule has 0 aliphatic carbocycles. The normalized spacial score (nSPS) is 19.5. The maximum Gasteiger partial charge on any atom is 0.279 e. The first kappa shape index (κ1) is 18.4. The van der Waals surface area contributed by atoms with Gasteiger partial charge in [-0.1, -0.05) is 29.8 Å². The van der Waals surface area contributed by atoms with Crippen LogP contribution in [0.4, 0.5) is 5.69 Å². The van der Waals surface area contributed by atoms with Crippen LogP contribution in [-0.4, -0.2) is 24.0 Å². The van der Waals surface area contributed by atoms with Crippen LogP contribution in [0.1, 0.15) is 35.0 Å². The Bertz CT molecular complexity index is 944. The molecule has 1 aliphatic heterocycles. The SMILES string of the molecule is Cc1cc(C)c(NC(=O)C[NH+]2CCC[C@H]2c2nc3ccccc3s2)c(Cl)c1. The summed E-state index contributed by atoms with van der Waals surface area (Å²) in [5, 5.41) is 4.76. The number of benzene rings is 2. The summed E-state index contributed by atoms with van der Waals surface area (Å²) in [5.41, 5.74) is 3.86. The van der Waals surface area contributed by atoms with Gasteiger partial charge in [0.25, 0.3) is 5.91 Å². The fraction of sp³-hybridized carbons (Fsp3) is 0.333. The summed E-state index contributed by atoms with van der Waals surface area (Å²) in [4.78, 5) is 18.8. The largest absolute Gasteiger partial charge is 0.320 e. The zero-order valence-electron chi connectivity index (χ0n) is 15.5. The molecule has 0 radical (unpaired) electrons. The van der Waals surface area contributed by atoms with E-state index in [0.29, 0.717) is 17.6 Å². The Kier molecular flexibility index (Phi) is 5.17. The lowest BCUT2D eigenvalue weighted by atomic mass is 10.1. The number of rotatable bonds is 4. The van der Waals surface area contributed by atoms with Gasteiger partial charge in [-0.25, -0.2) is 4.98 Å². The van der Waals surface area contributed by atoms with E-state index in [-0.39, 0.29) is 5.91 Å². The van der Waals surface area contributed by atoms with Crippen LogP contribution in [0, 0.1) is 13.8 Å². The molecule has 1 fully saturated rings. The fourth-order valence-electron chi connectivity index (χ4n) is 3.92. The van der Waals surface area contributed by atoms with Crippen LogP contribution >= 0.6 is 22.9 Å². The average molecular weight is 401 g/mol. The summed E-state index contributed by atoms with van der Waals surface area (Å²) < 4.78 is 1.21. The van der Waals surface area contributed by atoms with Crippen molar-refractivity contribution in [2.75, 3.05) is 18.4 Å². The molecule has 1 aromatic heterocycles. The number of likely N-dealkylation sites (tertiary alicyclic amines) is 1. The van der Waals surface area contributed by atoms with Gasteiger partial charge < -0.3 is 10.2 Å². The Labute approximate surface area is 168 Å². The fourth-order valence-corrected chi connectivity index (χ4v) is 5.45. The van der Waals surface area contributed by atoms with Gasteiger partial charge in [-0.3, -0.25) is 4.79 Å². The van der Waals surface area contributed by atoms with Crippen molar-refractivity contribution in [3.05, 3.63) is 57.6 Å². The highest BCUT2D eigenvalue weighted by atomic mass is 35.5. The lowest BCUT2D eigenvalue weighted by Gasteiger charge is -2.20. The summed E-state index contributed by atoms with van der Waals surface area (Å²) >= 11 is 8.09. The molecule has 4 nitrogen and oxygen atoms in total. The summed E-state index contributed by atoms with van der Waals surface area (Å²) in [5.74, 6) is 0.00636. The van der Waals surface area contributed by atoms with Crippen molar-refractivity contribution in [1.29, 1.82) is 0 Å². The molecule has 2 heterocycles. The van der Waals surface area contributed by atoms with Crippen LogP contribution in [-0.2, 0) is 4.79 Å². The molecule has 2 N–H and O–H groups in total. The molecular weight excluding hydrogens is 378 g/mol. The molecular formula is C21H23ClN3OS+. The molecule has 3 aromatic rings. The van der Waals surface area contributed by atoms with E-state index in [4.69, 9.17) is 16.6 Å². The Morgan fingerprint density at radius 2 is 2.15 bits per heavy atom. The Balaban J connectivity index is 1.49. The molecule has 1 amide bonds. The molecule has 0 bridgehead atoms. The van der Waals surface area contributed by atoms with Crippen molar-refractivity contribution in [2.24, 2.45) is 0 Å². The second-order valence-corrected chi connectivity index (χ2v) is 8.76. The van der Waals surface area contributed by atoms with Crippen molar-refractivity contribution >= 4 is 44.7 Å². The number of anilines is 1. The highest BCUT2D eigenvalue weighted by Gasteiger charge is 2.34. The van der Waals surface area contributed by atoms with Gasteiger partial charge in [-0.05, 0) is 43.2 Å². The molecule has 140 valence electrons. The number of nitrogens with one attached hydrogen (secondary N) is 2. The van der Waals surface area contributed by atoms with Crippen LogP contribution in [0.15, 0.2) is 36.4 Å². The minimum atomic E-state index is 0.00636. The average Bonchev–Trinajstić information content (AvgIpc) is 3.24. The Morgan fingerprint density at radius 3 is 2.93 bits per heavy atom. The van der Waals surface area contributed by atoms with E-state index in [1.807, 2.05) is 38.1 Å². The number of amides is 1. The predicted molar refractivity (Wildman–Crippen MR) is 112 cm³/mol. The third-order valence-corrected chi connectivity index (χ3v) is 6.62. The van der Waals surface area contributed by atoms with Crippen molar-refractivity contribution in [1.82, 2.24) is 4.98 Å². The zero-order chi connectivity index (χ0) is 19.0. The molecule has 1 unspecified atom stereocenters. The minimum Gasteiger partial charge on any atom is -0.320 e. The summed E-state index contributed by atoms with van der Waals surface area (Å²) in [6.45, 7) is 5.40. The number of nitrogens with zero attached hydrogens (tertiary/aromatic N) is 1. The van der Waals surface area contributed by atoms with Crippen molar-refractivity contribution < 1.29 is 9.69 Å². The molecule has 4 rings (SSSR count). The molecule has 27 heavy (non-hydrogen) atoms. The van der Waals surface area contributed by atoms with Crippen LogP contribution < -0.4 is 10.2 Å². The number of hydrogen-bond donors (Lipinski definition) is 2. The van der Waals surface area contributed by atoms with Gasteiger partial charge in [0.15, 0.2) is 11.6 Å². The number of aryl methyl sites for hydroxylation is 2. The molecule has 2 aromatic carbocycles. The topological polar surface area (TPSA) is 46.4 Å². The standard InChI is InChI=1S/C21H22ClN3OS/c1-13-10-14(2)20(15(22)11-13)24-19(26)12-25-9-5-7-17(25)21-23-16-6-3-4-8-18(16)27-21/h3-4,6,8,10-11,17H,5,7,9,12H2,1-2H3,(H,24,26)/p+1/t17-/m0/s1. The number of carbonyl (C=O) groups excluding carboxylic acids is 1. The first-order valence-electron chi connectivity index (χ1n) is 9.28. The number of carbonyl (C=O) groups is 1. The number of quaternary nitrogens is 1. The van der Waals surface area contributed by atoms with E-state index >= 15 is 0 Å². The first-order chi connectivity index (χ1) is 13.0. The second-order valence-electron chi connectivity index (χ2n) is 7.29. The van der Waals surface area contributed by atoms with Gasteiger partial charge in [0.05, 0.1) is 27.5 Å². The zero-order valence-corrected chi connectivity index (χ0v) is 17.1. The van der Waals surface area contributed by atoms with E-state index in [9.17, 15) is 4.79 Å². The number of para-hydroxylation sites is 1. The molecule has 0 saturated carbocycles. The molecule has 0 spiro atoms. The third-order valence-electron chi connectivity index (χ3n) is 5.18. The quantitative estimate of drug-likeness (QED) is 0.697. The predicted octanol–water partition coefficient (Wildman–Crippen LogP) is 3.93. The lowest BCUT2D eigenvalue weighted by molar-refractivity contribution is -0.910. The van der Waals surface area contributed by atoms with Crippen molar-refractivity contribution in [2.45, 2.75) is 32.7 Å². The van der Waals surface area contributed by atoms with Gasteiger partial charge in [0.2, 0.25) is 0 Å². The highest BCUT2D eigenvalue weighted by Crippen LogP contribution is 2.29. The number of fused-ring (bicyclic) bond motifs is 1. The number of halogens is 1. The monoisotopic (exact) mass is 400 g/mol. The minimum absolute atomic E-state index is 0.00636. The molecule has 2 atom stereocenters. The number of aromatic nitrogens is 1. The van der Waals surface area contributed by atoms with Gasteiger partial charge in [-0.2, -0.15) is 0 Å². The van der Waals surface area contributed by atoms with Gasteiger partial charge in [0.1, 0.15) is 6.04 Å². The van der Waals surface area contributed by atoms with Crippen molar-refractivity contribution in [3.63, 3.8) is 0 Å². The van der Waals surface area contributed by atoms with E-state index in [1.165, 1.54) is 9.60 Å². The second kappa shape index (κ2) is 7.58. The first-order valence-corrected chi connectivity index (χ1v) is 10.5. The van der Waals surface area contributed by atoms with Gasteiger partial charge in [0, 0.05) is 12.8 Å². The molecule has 1 saturated heterocycles.